The Morgan fingerprint density at radius 2 is 1.50 bits per heavy atom. The highest BCUT2D eigenvalue weighted by Crippen LogP contribution is 2.40. The summed E-state index contributed by atoms with van der Waals surface area (Å²) in [6, 6.07) is 0. The zero-order valence-electron chi connectivity index (χ0n) is 11.7. The second-order valence-corrected chi connectivity index (χ2v) is 6.49. The van der Waals surface area contributed by atoms with Crippen molar-refractivity contribution < 1.29 is 14.0 Å². The van der Waals surface area contributed by atoms with Crippen molar-refractivity contribution in [3.63, 3.8) is 0 Å². The molecule has 0 aromatic carbocycles. The van der Waals surface area contributed by atoms with Gasteiger partial charge < -0.3 is 14.0 Å². The summed E-state index contributed by atoms with van der Waals surface area (Å²) in [6.45, 7) is 13.4. The molecule has 0 radical (unpaired) electrons. The Morgan fingerprint density at radius 3 is 1.88 bits per heavy atom. The molecule has 1 aliphatic rings. The molecular weight excluding hydrogens is 203 g/mol. The lowest BCUT2D eigenvalue weighted by Gasteiger charge is -2.32. The first-order valence-corrected chi connectivity index (χ1v) is 5.94. The van der Waals surface area contributed by atoms with Crippen molar-refractivity contribution in [1.29, 1.82) is 0 Å². The highest BCUT2D eigenvalue weighted by Gasteiger charge is 2.52. The van der Waals surface area contributed by atoms with Gasteiger partial charge in [0, 0.05) is 7.11 Å². The van der Waals surface area contributed by atoms with Crippen LogP contribution in [0.2, 0.25) is 6.32 Å². The van der Waals surface area contributed by atoms with Gasteiger partial charge in [0.25, 0.3) is 0 Å². The molecule has 0 amide bonds. The third-order valence-electron chi connectivity index (χ3n) is 3.56. The summed E-state index contributed by atoms with van der Waals surface area (Å²) in [7, 11) is 1.60. The molecule has 3 nitrogen and oxygen atoms in total. The van der Waals surface area contributed by atoms with E-state index in [0.29, 0.717) is 0 Å². The van der Waals surface area contributed by atoms with Gasteiger partial charge in [-0.15, -0.1) is 0 Å². The first kappa shape index (κ1) is 14.0. The predicted molar refractivity (Wildman–Crippen MR) is 66.5 cm³/mol. The van der Waals surface area contributed by atoms with Gasteiger partial charge in [-0.3, -0.25) is 0 Å². The van der Waals surface area contributed by atoms with E-state index in [-0.39, 0.29) is 23.7 Å². The van der Waals surface area contributed by atoms with Gasteiger partial charge >= 0.3 is 7.12 Å². The third kappa shape index (κ3) is 2.99. The van der Waals surface area contributed by atoms with Crippen LogP contribution in [0, 0.1) is 5.41 Å². The minimum Gasteiger partial charge on any atom is -0.403 e. The fourth-order valence-corrected chi connectivity index (χ4v) is 1.95. The molecule has 1 saturated heterocycles. The molecule has 16 heavy (non-hydrogen) atoms. The topological polar surface area (TPSA) is 27.7 Å². The number of hydrogen-bond donors (Lipinski definition) is 0. The average Bonchev–Trinajstić information content (AvgIpc) is 2.17. The van der Waals surface area contributed by atoms with E-state index in [4.69, 9.17) is 14.0 Å². The van der Waals surface area contributed by atoms with Crippen LogP contribution in [-0.4, -0.2) is 32.0 Å². The van der Waals surface area contributed by atoms with Gasteiger partial charge in [-0.1, -0.05) is 13.8 Å². The number of ether oxygens (including phenoxy) is 1. The lowest BCUT2D eigenvalue weighted by molar-refractivity contribution is 0.00578. The molecule has 94 valence electrons. The van der Waals surface area contributed by atoms with Crippen LogP contribution in [0.4, 0.5) is 0 Å². The highest BCUT2D eigenvalue weighted by molar-refractivity contribution is 6.45. The van der Waals surface area contributed by atoms with Crippen LogP contribution in [0.25, 0.3) is 0 Å². The second kappa shape index (κ2) is 4.32. The van der Waals surface area contributed by atoms with Crippen LogP contribution >= 0.6 is 0 Å². The van der Waals surface area contributed by atoms with Gasteiger partial charge in [0.05, 0.1) is 17.8 Å². The quantitative estimate of drug-likeness (QED) is 0.692. The Hall–Kier alpha value is -0.0551. The van der Waals surface area contributed by atoms with Crippen LogP contribution in [0.5, 0.6) is 0 Å². The fourth-order valence-electron chi connectivity index (χ4n) is 1.95. The van der Waals surface area contributed by atoms with E-state index >= 15 is 0 Å². The molecule has 0 aromatic rings. The van der Waals surface area contributed by atoms with Crippen molar-refractivity contribution in [1.82, 2.24) is 0 Å². The molecule has 4 heteroatoms. The molecule has 0 N–H and O–H groups in total. The van der Waals surface area contributed by atoms with E-state index in [9.17, 15) is 0 Å². The maximum atomic E-state index is 5.97. The molecule has 0 aromatic heterocycles. The minimum atomic E-state index is -0.235. The normalized spacial score (nSPS) is 23.8. The van der Waals surface area contributed by atoms with Gasteiger partial charge in [0.2, 0.25) is 0 Å². The van der Waals surface area contributed by atoms with Crippen molar-refractivity contribution in [3.8, 4) is 0 Å². The summed E-state index contributed by atoms with van der Waals surface area (Å²) in [5.74, 6) is 0. The van der Waals surface area contributed by atoms with Gasteiger partial charge in [0.15, 0.2) is 0 Å². The minimum absolute atomic E-state index is 0.0793. The van der Waals surface area contributed by atoms with Gasteiger partial charge in [-0.2, -0.15) is 0 Å². The largest absolute Gasteiger partial charge is 0.458 e. The summed E-state index contributed by atoms with van der Waals surface area (Å²) in [6.07, 6.45) is 0.855. The van der Waals surface area contributed by atoms with Crippen molar-refractivity contribution >= 4 is 7.12 Å². The van der Waals surface area contributed by atoms with Crippen LogP contribution < -0.4 is 0 Å². The first-order chi connectivity index (χ1) is 7.10. The standard InChI is InChI=1S/C12H25BO3/c1-10(2,9-14-7)8-13-15-11(3,4)12(5,6)16-13/h8-9H2,1-7H3. The Kier molecular flexibility index (Phi) is 3.78. The summed E-state index contributed by atoms with van der Waals surface area (Å²) < 4.78 is 17.1. The van der Waals surface area contributed by atoms with E-state index in [1.807, 2.05) is 0 Å². The third-order valence-corrected chi connectivity index (χ3v) is 3.56. The van der Waals surface area contributed by atoms with Gasteiger partial charge in [-0.05, 0) is 39.4 Å². The highest BCUT2D eigenvalue weighted by atomic mass is 16.7. The van der Waals surface area contributed by atoms with Crippen LogP contribution in [0.15, 0.2) is 0 Å². The van der Waals surface area contributed by atoms with E-state index in [2.05, 4.69) is 41.5 Å². The predicted octanol–water partition coefficient (Wildman–Crippen LogP) is 2.75. The smallest absolute Gasteiger partial charge is 0.403 e. The summed E-state index contributed by atoms with van der Waals surface area (Å²) in [5, 5.41) is 0. The monoisotopic (exact) mass is 228 g/mol. The summed E-state index contributed by atoms with van der Waals surface area (Å²) in [5.41, 5.74) is -0.391. The maximum Gasteiger partial charge on any atom is 0.458 e. The average molecular weight is 228 g/mol. The van der Waals surface area contributed by atoms with Gasteiger partial charge in [0.1, 0.15) is 0 Å². The molecule has 0 spiro atoms. The van der Waals surface area contributed by atoms with E-state index in [1.165, 1.54) is 0 Å². The molecule has 0 atom stereocenters. The molecule has 0 saturated carbocycles. The Labute approximate surface area is 100.0 Å². The zero-order valence-corrected chi connectivity index (χ0v) is 11.7. The first-order valence-electron chi connectivity index (χ1n) is 5.94. The lowest BCUT2D eigenvalue weighted by atomic mass is 9.70. The molecule has 0 aliphatic carbocycles. The fraction of sp³-hybridized carbons (Fsp3) is 1.00. The lowest BCUT2D eigenvalue weighted by Crippen LogP contribution is -2.41. The second-order valence-electron chi connectivity index (χ2n) is 6.49. The zero-order chi connectivity index (χ0) is 12.6. The number of methoxy groups -OCH3 is 1. The Bertz CT molecular complexity index is 233. The maximum absolute atomic E-state index is 5.97. The molecule has 0 unspecified atom stereocenters. The Morgan fingerprint density at radius 1 is 1.06 bits per heavy atom. The molecule has 1 heterocycles. The van der Waals surface area contributed by atoms with E-state index in [1.54, 1.807) is 7.11 Å². The van der Waals surface area contributed by atoms with E-state index < -0.39 is 0 Å². The molecule has 1 aliphatic heterocycles. The molecule has 1 rings (SSSR count). The molecular formula is C12H25BO3. The number of rotatable bonds is 4. The van der Waals surface area contributed by atoms with Crippen molar-refractivity contribution in [2.75, 3.05) is 13.7 Å². The van der Waals surface area contributed by atoms with Crippen LogP contribution in [0.1, 0.15) is 41.5 Å². The Balaban J connectivity index is 2.60. The number of hydrogen-bond acceptors (Lipinski definition) is 3. The summed E-state index contributed by atoms with van der Waals surface area (Å²) >= 11 is 0. The van der Waals surface area contributed by atoms with Crippen LogP contribution in [0.3, 0.4) is 0 Å². The molecule has 0 bridgehead atoms. The SMILES string of the molecule is COCC(C)(C)CB1OC(C)(C)C(C)(C)O1. The van der Waals surface area contributed by atoms with E-state index in [0.717, 1.165) is 12.9 Å². The van der Waals surface area contributed by atoms with Gasteiger partial charge in [-0.25, -0.2) is 0 Å². The van der Waals surface area contributed by atoms with Crippen molar-refractivity contribution in [2.24, 2.45) is 5.41 Å². The van der Waals surface area contributed by atoms with Crippen LogP contribution in [-0.2, 0) is 14.0 Å². The summed E-state index contributed by atoms with van der Waals surface area (Å²) in [4.78, 5) is 0. The van der Waals surface area contributed by atoms with Crippen molar-refractivity contribution in [2.45, 2.75) is 59.1 Å². The van der Waals surface area contributed by atoms with Crippen molar-refractivity contribution in [3.05, 3.63) is 0 Å². The molecule has 1 fully saturated rings.